The SMILES string of the molecule is COc1ccc(Br)cc1C1CCCN1Cc1cnc2c(c1)c(C)nn2C. The van der Waals surface area contributed by atoms with Gasteiger partial charge in [0, 0.05) is 41.3 Å². The summed E-state index contributed by atoms with van der Waals surface area (Å²) >= 11 is 3.60. The Morgan fingerprint density at radius 1 is 1.31 bits per heavy atom. The Bertz CT molecular complexity index is 952. The van der Waals surface area contributed by atoms with Gasteiger partial charge in [0.15, 0.2) is 5.65 Å². The molecule has 0 N–H and O–H groups in total. The van der Waals surface area contributed by atoms with E-state index in [0.29, 0.717) is 6.04 Å². The second kappa shape index (κ2) is 7.00. The van der Waals surface area contributed by atoms with Crippen LogP contribution in [0.25, 0.3) is 11.0 Å². The summed E-state index contributed by atoms with van der Waals surface area (Å²) in [5, 5.41) is 5.62. The third kappa shape index (κ3) is 3.12. The van der Waals surface area contributed by atoms with Crippen molar-refractivity contribution < 1.29 is 4.74 Å². The number of hydrogen-bond acceptors (Lipinski definition) is 4. The standard InChI is InChI=1S/C20H23BrN4O/c1-13-16-9-14(11-22-20(16)24(2)23-13)12-25-8-4-5-18(25)17-10-15(21)6-7-19(17)26-3/h6-7,9-11,18H,4-5,8,12H2,1-3H3. The summed E-state index contributed by atoms with van der Waals surface area (Å²) in [4.78, 5) is 7.16. The summed E-state index contributed by atoms with van der Waals surface area (Å²) in [6.45, 7) is 4.01. The van der Waals surface area contributed by atoms with Gasteiger partial charge in [-0.3, -0.25) is 9.58 Å². The molecule has 1 atom stereocenters. The minimum absolute atomic E-state index is 0.369. The maximum absolute atomic E-state index is 5.62. The molecule has 1 unspecified atom stereocenters. The van der Waals surface area contributed by atoms with Crippen molar-refractivity contribution in [3.63, 3.8) is 0 Å². The molecule has 0 aliphatic carbocycles. The fourth-order valence-electron chi connectivity index (χ4n) is 4.01. The molecule has 0 bridgehead atoms. The Morgan fingerprint density at radius 2 is 2.15 bits per heavy atom. The molecule has 5 nitrogen and oxygen atoms in total. The highest BCUT2D eigenvalue weighted by molar-refractivity contribution is 9.10. The average molecular weight is 415 g/mol. The molecule has 0 amide bonds. The summed E-state index contributed by atoms with van der Waals surface area (Å²) in [5.74, 6) is 0.960. The molecule has 3 heterocycles. The molecule has 1 aromatic carbocycles. The molecule has 4 rings (SSSR count). The van der Waals surface area contributed by atoms with Crippen molar-refractivity contribution in [1.82, 2.24) is 19.7 Å². The van der Waals surface area contributed by atoms with Gasteiger partial charge in [-0.05, 0) is 56.1 Å². The zero-order chi connectivity index (χ0) is 18.3. The number of rotatable bonds is 4. The first-order chi connectivity index (χ1) is 12.6. The van der Waals surface area contributed by atoms with Crippen molar-refractivity contribution >= 4 is 27.0 Å². The second-order valence-electron chi connectivity index (χ2n) is 6.94. The van der Waals surface area contributed by atoms with Crippen molar-refractivity contribution in [1.29, 1.82) is 0 Å². The van der Waals surface area contributed by atoms with Crippen molar-refractivity contribution in [2.75, 3.05) is 13.7 Å². The topological polar surface area (TPSA) is 43.2 Å². The Balaban J connectivity index is 1.64. The molecule has 3 aromatic rings. The number of aryl methyl sites for hydroxylation is 2. The van der Waals surface area contributed by atoms with Gasteiger partial charge in [0.25, 0.3) is 0 Å². The average Bonchev–Trinajstić information content (AvgIpc) is 3.19. The number of nitrogens with zero attached hydrogens (tertiary/aromatic N) is 4. The van der Waals surface area contributed by atoms with E-state index in [9.17, 15) is 0 Å². The fraction of sp³-hybridized carbons (Fsp3) is 0.400. The van der Waals surface area contributed by atoms with Crippen molar-refractivity contribution in [2.24, 2.45) is 7.05 Å². The Morgan fingerprint density at radius 3 is 2.96 bits per heavy atom. The first-order valence-corrected chi connectivity index (χ1v) is 9.72. The molecule has 0 saturated carbocycles. The molecule has 1 aliphatic rings. The molecule has 1 saturated heterocycles. The highest BCUT2D eigenvalue weighted by Gasteiger charge is 2.28. The highest BCUT2D eigenvalue weighted by Crippen LogP contribution is 2.39. The monoisotopic (exact) mass is 414 g/mol. The number of aromatic nitrogens is 3. The third-order valence-electron chi connectivity index (χ3n) is 5.22. The Kier molecular flexibility index (Phi) is 4.71. The van der Waals surface area contributed by atoms with Crippen molar-refractivity contribution in [3.05, 3.63) is 51.8 Å². The summed E-state index contributed by atoms with van der Waals surface area (Å²) in [5.41, 5.74) is 4.46. The van der Waals surface area contributed by atoms with Crippen LogP contribution in [0, 0.1) is 6.92 Å². The van der Waals surface area contributed by atoms with Gasteiger partial charge in [0.05, 0.1) is 12.8 Å². The van der Waals surface area contributed by atoms with E-state index < -0.39 is 0 Å². The lowest BCUT2D eigenvalue weighted by Gasteiger charge is -2.26. The van der Waals surface area contributed by atoms with Crippen LogP contribution in [-0.4, -0.2) is 33.3 Å². The first-order valence-electron chi connectivity index (χ1n) is 8.92. The first kappa shape index (κ1) is 17.5. The maximum atomic E-state index is 5.62. The molecule has 1 aliphatic heterocycles. The second-order valence-corrected chi connectivity index (χ2v) is 7.85. The van der Waals surface area contributed by atoms with Crippen LogP contribution in [0.3, 0.4) is 0 Å². The van der Waals surface area contributed by atoms with E-state index in [0.717, 1.165) is 46.5 Å². The Hall–Kier alpha value is -1.92. The van der Waals surface area contributed by atoms with Gasteiger partial charge in [-0.1, -0.05) is 15.9 Å². The number of pyridine rings is 1. The molecular weight excluding hydrogens is 392 g/mol. The van der Waals surface area contributed by atoms with E-state index in [1.54, 1.807) is 7.11 Å². The molecule has 2 aromatic heterocycles. The van der Waals surface area contributed by atoms with Gasteiger partial charge in [0.1, 0.15) is 5.75 Å². The number of ether oxygens (including phenoxy) is 1. The highest BCUT2D eigenvalue weighted by atomic mass is 79.9. The normalized spacial score (nSPS) is 17.9. The smallest absolute Gasteiger partial charge is 0.157 e. The van der Waals surface area contributed by atoms with Crippen LogP contribution in [0.15, 0.2) is 34.9 Å². The van der Waals surface area contributed by atoms with Crippen molar-refractivity contribution in [3.8, 4) is 5.75 Å². The summed E-state index contributed by atoms with van der Waals surface area (Å²) in [6, 6.07) is 8.87. The van der Waals surface area contributed by atoms with Crippen LogP contribution in [0.1, 0.15) is 35.7 Å². The van der Waals surface area contributed by atoms with Gasteiger partial charge in [-0.2, -0.15) is 5.10 Å². The number of halogens is 1. The van der Waals surface area contributed by atoms with E-state index in [1.165, 1.54) is 17.5 Å². The van der Waals surface area contributed by atoms with Crippen LogP contribution in [0.4, 0.5) is 0 Å². The fourth-order valence-corrected chi connectivity index (χ4v) is 4.38. The number of hydrogen-bond donors (Lipinski definition) is 0. The van der Waals surface area contributed by atoms with Crippen LogP contribution in [0.5, 0.6) is 5.75 Å². The lowest BCUT2D eigenvalue weighted by molar-refractivity contribution is 0.243. The summed E-state index contributed by atoms with van der Waals surface area (Å²) < 4.78 is 8.56. The summed E-state index contributed by atoms with van der Waals surface area (Å²) in [7, 11) is 3.69. The lowest BCUT2D eigenvalue weighted by Crippen LogP contribution is -2.23. The van der Waals surface area contributed by atoms with Crippen molar-refractivity contribution in [2.45, 2.75) is 32.4 Å². The molecular formula is C20H23BrN4O. The number of fused-ring (bicyclic) bond motifs is 1. The third-order valence-corrected chi connectivity index (χ3v) is 5.71. The maximum Gasteiger partial charge on any atom is 0.157 e. The van der Waals surface area contributed by atoms with E-state index in [1.807, 2.05) is 37.0 Å². The number of benzene rings is 1. The summed E-state index contributed by atoms with van der Waals surface area (Å²) in [6.07, 6.45) is 4.33. The van der Waals surface area contributed by atoms with Crippen LogP contribution >= 0.6 is 15.9 Å². The minimum Gasteiger partial charge on any atom is -0.496 e. The van der Waals surface area contributed by atoms with E-state index in [4.69, 9.17) is 4.74 Å². The van der Waals surface area contributed by atoms with Gasteiger partial charge in [-0.15, -0.1) is 0 Å². The number of methoxy groups -OCH3 is 1. The van der Waals surface area contributed by atoms with Crippen LogP contribution in [-0.2, 0) is 13.6 Å². The van der Waals surface area contributed by atoms with Gasteiger partial charge >= 0.3 is 0 Å². The zero-order valence-corrected chi connectivity index (χ0v) is 17.0. The molecule has 26 heavy (non-hydrogen) atoms. The van der Waals surface area contributed by atoms with Gasteiger partial charge in [0.2, 0.25) is 0 Å². The largest absolute Gasteiger partial charge is 0.496 e. The van der Waals surface area contributed by atoms with E-state index in [2.05, 4.69) is 43.0 Å². The lowest BCUT2D eigenvalue weighted by atomic mass is 10.0. The minimum atomic E-state index is 0.369. The van der Waals surface area contributed by atoms with Crippen LogP contribution in [0.2, 0.25) is 0 Å². The zero-order valence-electron chi connectivity index (χ0n) is 15.4. The van der Waals surface area contributed by atoms with Gasteiger partial charge < -0.3 is 4.74 Å². The predicted molar refractivity (Wildman–Crippen MR) is 106 cm³/mol. The van der Waals surface area contributed by atoms with Crippen LogP contribution < -0.4 is 4.74 Å². The van der Waals surface area contributed by atoms with E-state index >= 15 is 0 Å². The molecule has 0 spiro atoms. The quantitative estimate of drug-likeness (QED) is 0.634. The van der Waals surface area contributed by atoms with Gasteiger partial charge in [-0.25, -0.2) is 4.98 Å². The Labute approximate surface area is 162 Å². The molecule has 136 valence electrons. The molecule has 6 heteroatoms. The molecule has 0 radical (unpaired) electrons. The van der Waals surface area contributed by atoms with E-state index in [-0.39, 0.29) is 0 Å². The molecule has 1 fully saturated rings. The number of likely N-dealkylation sites (tertiary alicyclic amines) is 1. The predicted octanol–water partition coefficient (Wildman–Crippen LogP) is 4.38.